The van der Waals surface area contributed by atoms with E-state index in [2.05, 4.69) is 21.0 Å². The summed E-state index contributed by atoms with van der Waals surface area (Å²) in [5.41, 5.74) is 4.78. The average molecular weight is 341 g/mol. The van der Waals surface area contributed by atoms with Crippen LogP contribution in [0.5, 0.6) is 5.75 Å². The van der Waals surface area contributed by atoms with Crippen molar-refractivity contribution < 1.29 is 8.95 Å². The number of hydrogen-bond acceptors (Lipinski definition) is 4. The highest BCUT2D eigenvalue weighted by atomic mass is 32.2. The summed E-state index contributed by atoms with van der Waals surface area (Å²) in [5, 5.41) is 0.413. The van der Waals surface area contributed by atoms with E-state index in [4.69, 9.17) is 4.74 Å². The van der Waals surface area contributed by atoms with Crippen LogP contribution >= 0.6 is 0 Å². The molecule has 0 saturated heterocycles. The number of H-pyrrole nitrogens is 1. The Balaban J connectivity index is 1.73. The number of aromatic nitrogens is 3. The van der Waals surface area contributed by atoms with Crippen LogP contribution in [0.4, 0.5) is 0 Å². The SMILES string of the molecule is COc1ccc2nc(S(=O)C3CCCc4ccc(C)nc43)[nH]c2c1. The molecule has 3 aromatic rings. The number of nitrogens with one attached hydrogen (secondary N) is 1. The van der Waals surface area contributed by atoms with Crippen LogP contribution in [0, 0.1) is 6.92 Å². The highest BCUT2D eigenvalue weighted by Gasteiger charge is 2.29. The molecule has 1 aliphatic rings. The van der Waals surface area contributed by atoms with Crippen molar-refractivity contribution in [3.63, 3.8) is 0 Å². The van der Waals surface area contributed by atoms with Gasteiger partial charge < -0.3 is 9.72 Å². The van der Waals surface area contributed by atoms with Crippen molar-refractivity contribution in [2.45, 2.75) is 36.6 Å². The summed E-state index contributed by atoms with van der Waals surface area (Å²) in [5.74, 6) is 0.754. The van der Waals surface area contributed by atoms with Crippen molar-refractivity contribution in [1.29, 1.82) is 0 Å². The van der Waals surface area contributed by atoms with Crippen LogP contribution in [-0.2, 0) is 17.2 Å². The maximum atomic E-state index is 13.1. The fourth-order valence-corrected chi connectivity index (χ4v) is 4.70. The number of ether oxygens (including phenoxy) is 1. The Labute approximate surface area is 142 Å². The molecule has 4 rings (SSSR count). The van der Waals surface area contributed by atoms with E-state index in [9.17, 15) is 4.21 Å². The molecule has 2 atom stereocenters. The Morgan fingerprint density at radius 3 is 2.96 bits per heavy atom. The van der Waals surface area contributed by atoms with E-state index in [0.717, 1.165) is 47.4 Å². The topological polar surface area (TPSA) is 67.9 Å². The van der Waals surface area contributed by atoms with Crippen LogP contribution in [-0.4, -0.2) is 26.3 Å². The fraction of sp³-hybridized carbons (Fsp3) is 0.333. The Morgan fingerprint density at radius 2 is 2.12 bits per heavy atom. The molecular formula is C18H19N3O2S. The molecular weight excluding hydrogens is 322 g/mol. The summed E-state index contributed by atoms with van der Waals surface area (Å²) in [4.78, 5) is 12.4. The van der Waals surface area contributed by atoms with E-state index < -0.39 is 10.8 Å². The average Bonchev–Trinajstić information content (AvgIpc) is 3.03. The van der Waals surface area contributed by atoms with Crippen LogP contribution in [0.1, 0.15) is 35.0 Å². The quantitative estimate of drug-likeness (QED) is 0.792. The molecule has 1 N–H and O–H groups in total. The zero-order chi connectivity index (χ0) is 16.7. The zero-order valence-electron chi connectivity index (χ0n) is 13.7. The van der Waals surface area contributed by atoms with Gasteiger partial charge in [-0.2, -0.15) is 0 Å². The van der Waals surface area contributed by atoms with Crippen LogP contribution < -0.4 is 4.74 Å². The molecule has 6 heteroatoms. The van der Waals surface area contributed by atoms with Crippen molar-refractivity contribution >= 4 is 21.8 Å². The maximum absolute atomic E-state index is 13.1. The predicted octanol–water partition coefficient (Wildman–Crippen LogP) is 3.46. The van der Waals surface area contributed by atoms with Gasteiger partial charge in [0.1, 0.15) is 5.75 Å². The lowest BCUT2D eigenvalue weighted by Crippen LogP contribution is -2.17. The summed E-state index contributed by atoms with van der Waals surface area (Å²) in [6, 6.07) is 9.75. The molecule has 2 aromatic heterocycles. The van der Waals surface area contributed by atoms with Gasteiger partial charge in [-0.1, -0.05) is 6.07 Å². The van der Waals surface area contributed by atoms with E-state index in [1.807, 2.05) is 31.2 Å². The molecule has 2 heterocycles. The minimum absolute atomic E-state index is 0.101. The normalized spacial score (nSPS) is 18.3. The Hall–Kier alpha value is -2.21. The van der Waals surface area contributed by atoms with Gasteiger partial charge in [-0.3, -0.25) is 9.19 Å². The highest BCUT2D eigenvalue weighted by molar-refractivity contribution is 7.85. The molecule has 0 aliphatic heterocycles. The van der Waals surface area contributed by atoms with Crippen molar-refractivity contribution in [1.82, 2.24) is 15.0 Å². The van der Waals surface area contributed by atoms with E-state index in [0.29, 0.717) is 5.16 Å². The predicted molar refractivity (Wildman–Crippen MR) is 93.7 cm³/mol. The number of pyridine rings is 1. The maximum Gasteiger partial charge on any atom is 0.198 e. The monoisotopic (exact) mass is 341 g/mol. The van der Waals surface area contributed by atoms with Crippen LogP contribution in [0.2, 0.25) is 0 Å². The van der Waals surface area contributed by atoms with E-state index in [1.165, 1.54) is 5.56 Å². The second-order valence-electron chi connectivity index (χ2n) is 6.10. The van der Waals surface area contributed by atoms with Crippen molar-refractivity contribution in [2.24, 2.45) is 0 Å². The van der Waals surface area contributed by atoms with E-state index in [-0.39, 0.29) is 5.25 Å². The molecule has 0 fully saturated rings. The molecule has 2 unspecified atom stereocenters. The largest absolute Gasteiger partial charge is 0.497 e. The third-order valence-corrected chi connectivity index (χ3v) is 6.04. The van der Waals surface area contributed by atoms with Crippen LogP contribution in [0.3, 0.4) is 0 Å². The Morgan fingerprint density at radius 1 is 1.25 bits per heavy atom. The third kappa shape index (κ3) is 2.60. The summed E-state index contributed by atoms with van der Waals surface area (Å²) in [6.07, 6.45) is 2.91. The summed E-state index contributed by atoms with van der Waals surface area (Å²) in [7, 11) is 0.378. The van der Waals surface area contributed by atoms with Gasteiger partial charge in [-0.05, 0) is 49.9 Å². The molecule has 0 bridgehead atoms. The van der Waals surface area contributed by atoms with Crippen LogP contribution in [0.15, 0.2) is 35.5 Å². The molecule has 0 amide bonds. The van der Waals surface area contributed by atoms with Gasteiger partial charge in [-0.25, -0.2) is 4.98 Å². The molecule has 0 radical (unpaired) electrons. The molecule has 24 heavy (non-hydrogen) atoms. The first-order valence-electron chi connectivity index (χ1n) is 8.06. The standard InChI is InChI=1S/C18H19N3O2S/c1-11-6-7-12-4-3-5-16(17(12)19-11)24(22)18-20-14-9-8-13(23-2)10-15(14)21-18/h6-10,16H,3-5H2,1-2H3,(H,20,21). The fourth-order valence-electron chi connectivity index (χ4n) is 3.24. The number of hydrogen-bond donors (Lipinski definition) is 1. The second kappa shape index (κ2) is 6.02. The molecule has 1 aromatic carbocycles. The number of benzene rings is 1. The third-order valence-electron chi connectivity index (χ3n) is 4.49. The van der Waals surface area contributed by atoms with E-state index >= 15 is 0 Å². The Bertz CT molecular complexity index is 935. The number of aromatic amines is 1. The number of aryl methyl sites for hydroxylation is 2. The van der Waals surface area contributed by atoms with Crippen molar-refractivity contribution in [3.8, 4) is 5.75 Å². The lowest BCUT2D eigenvalue weighted by atomic mass is 9.95. The zero-order valence-corrected chi connectivity index (χ0v) is 14.5. The second-order valence-corrected chi connectivity index (χ2v) is 7.65. The summed E-state index contributed by atoms with van der Waals surface area (Å²) >= 11 is 0. The smallest absolute Gasteiger partial charge is 0.198 e. The van der Waals surface area contributed by atoms with Gasteiger partial charge in [0.25, 0.3) is 0 Å². The van der Waals surface area contributed by atoms with Gasteiger partial charge in [0.05, 0.1) is 39.9 Å². The minimum atomic E-state index is -1.25. The number of imidazole rings is 1. The lowest BCUT2D eigenvalue weighted by molar-refractivity contribution is 0.415. The van der Waals surface area contributed by atoms with Crippen molar-refractivity contribution in [2.75, 3.05) is 7.11 Å². The molecule has 0 saturated carbocycles. The number of rotatable bonds is 3. The summed E-state index contributed by atoms with van der Waals surface area (Å²) in [6.45, 7) is 1.97. The minimum Gasteiger partial charge on any atom is -0.497 e. The highest BCUT2D eigenvalue weighted by Crippen LogP contribution is 2.35. The van der Waals surface area contributed by atoms with Gasteiger partial charge >= 0.3 is 0 Å². The van der Waals surface area contributed by atoms with Gasteiger partial charge in [-0.15, -0.1) is 0 Å². The first-order valence-corrected chi connectivity index (χ1v) is 9.28. The number of methoxy groups -OCH3 is 1. The number of fused-ring (bicyclic) bond motifs is 2. The molecule has 0 spiro atoms. The molecule has 5 nitrogen and oxygen atoms in total. The van der Waals surface area contributed by atoms with Crippen molar-refractivity contribution in [3.05, 3.63) is 47.3 Å². The van der Waals surface area contributed by atoms with Gasteiger partial charge in [0.2, 0.25) is 0 Å². The van der Waals surface area contributed by atoms with Gasteiger partial charge in [0.15, 0.2) is 5.16 Å². The van der Waals surface area contributed by atoms with Gasteiger partial charge in [0, 0.05) is 11.8 Å². The first kappa shape index (κ1) is 15.3. The first-order chi connectivity index (χ1) is 11.7. The summed E-state index contributed by atoms with van der Waals surface area (Å²) < 4.78 is 18.4. The molecule has 124 valence electrons. The van der Waals surface area contributed by atoms with Crippen LogP contribution in [0.25, 0.3) is 11.0 Å². The Kier molecular flexibility index (Phi) is 3.84. The van der Waals surface area contributed by atoms with E-state index in [1.54, 1.807) is 7.11 Å². The molecule has 1 aliphatic carbocycles. The lowest BCUT2D eigenvalue weighted by Gasteiger charge is -2.23. The number of nitrogens with zero attached hydrogens (tertiary/aromatic N) is 2.